The quantitative estimate of drug-likeness (QED) is 0.120. The predicted molar refractivity (Wildman–Crippen MR) is 243 cm³/mol. The predicted octanol–water partition coefficient (Wildman–Crippen LogP) is 16.4. The summed E-state index contributed by atoms with van der Waals surface area (Å²) in [5, 5.41) is 7.84. The van der Waals surface area contributed by atoms with Gasteiger partial charge in [0, 0.05) is 0 Å². The Morgan fingerprint density at radius 1 is 0.352 bits per heavy atom. The molecule has 0 unspecified atom stereocenters. The highest BCUT2D eigenvalue weighted by atomic mass is 14.1. The van der Waals surface area contributed by atoms with Gasteiger partial charge < -0.3 is 0 Å². The average molecular weight is 701 g/mol. The van der Waals surface area contributed by atoms with Crippen molar-refractivity contribution in [1.82, 2.24) is 0 Å². The third-order valence-electron chi connectivity index (χ3n) is 9.39. The van der Waals surface area contributed by atoms with Crippen LogP contribution in [0.4, 0.5) is 0 Å². The topological polar surface area (TPSA) is 0 Å². The van der Waals surface area contributed by atoms with Gasteiger partial charge in [0.2, 0.25) is 0 Å². The molecule has 0 bridgehead atoms. The van der Waals surface area contributed by atoms with Crippen molar-refractivity contribution in [3.05, 3.63) is 212 Å². The monoisotopic (exact) mass is 700 g/mol. The second kappa shape index (κ2) is 19.0. The van der Waals surface area contributed by atoms with Crippen LogP contribution >= 0.6 is 0 Å². The maximum atomic E-state index is 4.11. The van der Waals surface area contributed by atoms with Gasteiger partial charge in [-0.1, -0.05) is 210 Å². The van der Waals surface area contributed by atoms with Gasteiger partial charge in [0.25, 0.3) is 0 Å². The Morgan fingerprint density at radius 2 is 0.741 bits per heavy atom. The lowest BCUT2D eigenvalue weighted by Gasteiger charge is -2.13. The van der Waals surface area contributed by atoms with Crippen LogP contribution in [0.5, 0.6) is 0 Å². The molecule has 0 aliphatic carbocycles. The van der Waals surface area contributed by atoms with E-state index in [-0.39, 0.29) is 0 Å². The highest BCUT2D eigenvalue weighted by Crippen LogP contribution is 2.37. The second-order valence-electron chi connectivity index (χ2n) is 12.9. The maximum absolute atomic E-state index is 4.11. The lowest BCUT2D eigenvalue weighted by atomic mass is 9.91. The van der Waals surface area contributed by atoms with Gasteiger partial charge in [-0.15, -0.1) is 0 Å². The summed E-state index contributed by atoms with van der Waals surface area (Å²) in [6.07, 6.45) is 2.13. The van der Waals surface area contributed by atoms with Crippen LogP contribution in [0.2, 0.25) is 0 Å². The van der Waals surface area contributed by atoms with E-state index in [9.17, 15) is 0 Å². The van der Waals surface area contributed by atoms with Crippen molar-refractivity contribution in [2.24, 2.45) is 0 Å². The Hall–Kier alpha value is -6.24. The van der Waals surface area contributed by atoms with Gasteiger partial charge in [0.15, 0.2) is 0 Å². The van der Waals surface area contributed by atoms with Gasteiger partial charge in [-0.05, 0) is 114 Å². The molecule has 0 nitrogen and oxygen atoms in total. The van der Waals surface area contributed by atoms with Gasteiger partial charge >= 0.3 is 0 Å². The molecule has 0 heterocycles. The van der Waals surface area contributed by atoms with Crippen LogP contribution in [-0.4, -0.2) is 0 Å². The van der Waals surface area contributed by atoms with Crippen LogP contribution in [0.25, 0.3) is 71.3 Å². The van der Waals surface area contributed by atoms with Crippen molar-refractivity contribution >= 4 is 49.0 Å². The number of hydrogen-bond acceptors (Lipinski definition) is 0. The van der Waals surface area contributed by atoms with Gasteiger partial charge in [-0.25, -0.2) is 0 Å². The van der Waals surface area contributed by atoms with E-state index in [0.29, 0.717) is 0 Å². The van der Waals surface area contributed by atoms with E-state index in [1.807, 2.05) is 52.0 Å². The largest absolute Gasteiger partial charge is 0.0955 e. The minimum atomic E-state index is 1.05. The molecule has 8 aromatic rings. The molecule has 0 saturated heterocycles. The van der Waals surface area contributed by atoms with E-state index >= 15 is 0 Å². The van der Waals surface area contributed by atoms with E-state index in [0.717, 1.165) is 11.1 Å². The molecule has 0 fully saturated rings. The number of fused-ring (bicyclic) bond motifs is 6. The highest BCUT2D eigenvalue weighted by Gasteiger charge is 2.10. The lowest BCUT2D eigenvalue weighted by Crippen LogP contribution is -1.86. The molecule has 0 aromatic heterocycles. The molecule has 0 aliphatic heterocycles. The van der Waals surface area contributed by atoms with Crippen LogP contribution in [0.3, 0.4) is 0 Å². The average Bonchev–Trinajstić information content (AvgIpc) is 3.26. The third kappa shape index (κ3) is 9.03. The zero-order chi connectivity index (χ0) is 38.5. The van der Waals surface area contributed by atoms with Crippen molar-refractivity contribution in [3.8, 4) is 22.3 Å². The second-order valence-corrected chi connectivity index (χ2v) is 12.9. The summed E-state index contributed by atoms with van der Waals surface area (Å²) < 4.78 is 0. The summed E-state index contributed by atoms with van der Waals surface area (Å²) in [5.74, 6) is 0. The molecule has 8 rings (SSSR count). The summed E-state index contributed by atoms with van der Waals surface area (Å²) >= 11 is 0. The molecule has 54 heavy (non-hydrogen) atoms. The molecule has 0 amide bonds. The molecule has 0 heteroatoms. The van der Waals surface area contributed by atoms with Gasteiger partial charge in [-0.2, -0.15) is 0 Å². The first-order valence-electron chi connectivity index (χ1n) is 19.1. The Labute approximate surface area is 323 Å². The zero-order valence-electron chi connectivity index (χ0n) is 32.7. The standard InChI is InChI=1S/C33H24.C17H16.2C2H6/c1-22(2)23-9-7-10-24(19-23)25-11-8-12-26(20-25)27-17-18-32-30-15-4-3-13-28(30)29-14-5-6-16-31(29)33(32)21-27;1-14(16-9-5-3-6-10-16)13-15(2)17-11-7-4-8-12-17;2*1-2/h3-21H,1H2,2H3;3-13H,1H2,2H3;2*1-2H3/b;15-13+;;. The molecule has 0 N–H and O–H groups in total. The molecule has 0 radical (unpaired) electrons. The van der Waals surface area contributed by atoms with Crippen molar-refractivity contribution in [2.75, 3.05) is 0 Å². The molecule has 268 valence electrons. The minimum absolute atomic E-state index is 1.05. The van der Waals surface area contributed by atoms with Crippen molar-refractivity contribution in [2.45, 2.75) is 41.5 Å². The Bertz CT molecular complexity index is 2480. The van der Waals surface area contributed by atoms with E-state index in [4.69, 9.17) is 0 Å². The highest BCUT2D eigenvalue weighted by molar-refractivity contribution is 6.25. The first kappa shape index (κ1) is 39.0. The number of hydrogen-bond donors (Lipinski definition) is 0. The first-order chi connectivity index (χ1) is 26.5. The molecule has 0 atom stereocenters. The minimum Gasteiger partial charge on any atom is -0.0955 e. The smallest absolute Gasteiger partial charge is 0.00928 e. The van der Waals surface area contributed by atoms with Crippen LogP contribution in [0.15, 0.2) is 195 Å². The Morgan fingerprint density at radius 3 is 1.26 bits per heavy atom. The molecule has 8 aromatic carbocycles. The Balaban J connectivity index is 0.000000226. The molecule has 0 spiro atoms. The van der Waals surface area contributed by atoms with Crippen LogP contribution in [0.1, 0.15) is 58.2 Å². The van der Waals surface area contributed by atoms with Crippen molar-refractivity contribution in [1.29, 1.82) is 0 Å². The summed E-state index contributed by atoms with van der Waals surface area (Å²) in [5.41, 5.74) is 11.9. The fourth-order valence-corrected chi connectivity index (χ4v) is 6.71. The summed E-state index contributed by atoms with van der Waals surface area (Å²) in [4.78, 5) is 0. The zero-order valence-corrected chi connectivity index (χ0v) is 32.7. The molecule has 0 aliphatic rings. The summed E-state index contributed by atoms with van der Waals surface area (Å²) in [6, 6.07) is 62.4. The van der Waals surface area contributed by atoms with E-state index < -0.39 is 0 Å². The number of rotatable bonds is 6. The van der Waals surface area contributed by atoms with Gasteiger partial charge in [0.05, 0.1) is 0 Å². The van der Waals surface area contributed by atoms with Crippen LogP contribution in [0, 0.1) is 0 Å². The van der Waals surface area contributed by atoms with E-state index in [1.165, 1.54) is 76.8 Å². The van der Waals surface area contributed by atoms with E-state index in [1.54, 1.807) is 0 Å². The molecular formula is C54H52. The fourth-order valence-electron chi connectivity index (χ4n) is 6.71. The summed E-state index contributed by atoms with van der Waals surface area (Å²) in [7, 11) is 0. The number of benzene rings is 8. The molecule has 0 saturated carbocycles. The van der Waals surface area contributed by atoms with Gasteiger partial charge in [-0.3, -0.25) is 0 Å². The normalized spacial score (nSPS) is 10.7. The van der Waals surface area contributed by atoms with E-state index in [2.05, 4.69) is 185 Å². The third-order valence-corrected chi connectivity index (χ3v) is 9.39. The van der Waals surface area contributed by atoms with Crippen LogP contribution < -0.4 is 0 Å². The number of allylic oxidation sites excluding steroid dienone is 4. The Kier molecular flexibility index (Phi) is 13.7. The summed E-state index contributed by atoms with van der Waals surface area (Å²) in [6.45, 7) is 20.4. The van der Waals surface area contributed by atoms with Crippen molar-refractivity contribution < 1.29 is 0 Å². The van der Waals surface area contributed by atoms with Gasteiger partial charge in [0.1, 0.15) is 0 Å². The van der Waals surface area contributed by atoms with Crippen LogP contribution in [-0.2, 0) is 0 Å². The lowest BCUT2D eigenvalue weighted by molar-refractivity contribution is 1.50. The molecular weight excluding hydrogens is 649 g/mol. The fraction of sp³-hybridized carbons (Fsp3) is 0.111. The van der Waals surface area contributed by atoms with Crippen molar-refractivity contribution in [3.63, 3.8) is 0 Å². The first-order valence-corrected chi connectivity index (χ1v) is 19.1. The SMILES string of the molecule is C=C(/C=C(\C)c1ccccc1)c1ccccc1.C=C(C)c1cccc(-c2cccc(-c3ccc4c5ccccc5c5ccccc5c4c3)c2)c1.CC.CC. The maximum Gasteiger partial charge on any atom is -0.00928 e.